The second-order valence-corrected chi connectivity index (χ2v) is 6.90. The summed E-state index contributed by atoms with van der Waals surface area (Å²) in [5, 5.41) is 7.69. The minimum atomic E-state index is -0.350. The summed E-state index contributed by atoms with van der Waals surface area (Å²) in [4.78, 5) is 14.3. The van der Waals surface area contributed by atoms with Gasteiger partial charge in [0.2, 0.25) is 5.91 Å². The lowest BCUT2D eigenvalue weighted by atomic mass is 10.0. The number of likely N-dealkylation sites (tertiary alicyclic amines) is 1. The van der Waals surface area contributed by atoms with Gasteiger partial charge in [0.1, 0.15) is 12.4 Å². The minimum Gasteiger partial charge on any atom is -0.353 e. The second-order valence-electron chi connectivity index (χ2n) is 6.05. The summed E-state index contributed by atoms with van der Waals surface area (Å²) in [5.41, 5.74) is 0.438. The summed E-state index contributed by atoms with van der Waals surface area (Å²) < 4.78 is 15.8. The fourth-order valence-corrected chi connectivity index (χ4v) is 3.58. The van der Waals surface area contributed by atoms with Crippen LogP contribution in [0.25, 0.3) is 0 Å². The van der Waals surface area contributed by atoms with Crippen LogP contribution in [0.5, 0.6) is 0 Å². The Bertz CT molecular complexity index is 726. The van der Waals surface area contributed by atoms with E-state index in [1.54, 1.807) is 18.3 Å². The van der Waals surface area contributed by atoms with Gasteiger partial charge in [-0.05, 0) is 38.1 Å². The molecule has 0 spiro atoms. The summed E-state index contributed by atoms with van der Waals surface area (Å²) in [5.74, 6) is -0.561. The van der Waals surface area contributed by atoms with E-state index in [1.807, 2.05) is 0 Å². The number of halogens is 3. The van der Waals surface area contributed by atoms with Crippen molar-refractivity contribution in [1.29, 1.82) is 0 Å². The lowest BCUT2D eigenvalue weighted by Gasteiger charge is -2.29. The van der Waals surface area contributed by atoms with Gasteiger partial charge in [0.15, 0.2) is 0 Å². The van der Waals surface area contributed by atoms with E-state index in [0.29, 0.717) is 15.6 Å². The summed E-state index contributed by atoms with van der Waals surface area (Å²) in [7, 11) is 0. The quantitative estimate of drug-likeness (QED) is 0.831. The molecule has 25 heavy (non-hydrogen) atoms. The standard InChI is InChI=1S/C17H19Cl2FN4O/c18-12-8-22-24(10-12)11-16(25)21-9-15(23-6-1-2-7-23)17-13(19)4-3-5-14(17)20/h3-5,8,10,15H,1-2,6-7,9,11H2,(H,21,25). The molecule has 5 nitrogen and oxygen atoms in total. The molecule has 1 unspecified atom stereocenters. The lowest BCUT2D eigenvalue weighted by Crippen LogP contribution is -2.38. The van der Waals surface area contributed by atoms with Crippen LogP contribution >= 0.6 is 23.2 Å². The van der Waals surface area contributed by atoms with E-state index in [0.717, 1.165) is 25.9 Å². The molecular formula is C17H19Cl2FN4O. The van der Waals surface area contributed by atoms with Crippen molar-refractivity contribution < 1.29 is 9.18 Å². The smallest absolute Gasteiger partial charge is 0.241 e. The van der Waals surface area contributed by atoms with E-state index < -0.39 is 0 Å². The Morgan fingerprint density at radius 3 is 2.72 bits per heavy atom. The van der Waals surface area contributed by atoms with Crippen LogP contribution in [0.2, 0.25) is 10.0 Å². The van der Waals surface area contributed by atoms with Crippen molar-refractivity contribution in [2.24, 2.45) is 0 Å². The topological polar surface area (TPSA) is 50.2 Å². The average molecular weight is 385 g/mol. The highest BCUT2D eigenvalue weighted by Crippen LogP contribution is 2.31. The number of hydrogen-bond donors (Lipinski definition) is 1. The molecule has 1 atom stereocenters. The molecule has 1 amide bonds. The summed E-state index contributed by atoms with van der Waals surface area (Å²) in [6.45, 7) is 2.07. The van der Waals surface area contributed by atoms with Gasteiger partial charge in [-0.15, -0.1) is 0 Å². The van der Waals surface area contributed by atoms with E-state index in [1.165, 1.54) is 16.9 Å². The Morgan fingerprint density at radius 1 is 1.32 bits per heavy atom. The zero-order valence-electron chi connectivity index (χ0n) is 13.6. The molecule has 0 bridgehead atoms. The number of carbonyl (C=O) groups is 1. The number of aromatic nitrogens is 2. The molecule has 1 N–H and O–H groups in total. The summed E-state index contributed by atoms with van der Waals surface area (Å²) in [6, 6.07) is 4.37. The monoisotopic (exact) mass is 384 g/mol. The first kappa shape index (κ1) is 18.2. The van der Waals surface area contributed by atoms with Gasteiger partial charge in [0, 0.05) is 23.3 Å². The van der Waals surface area contributed by atoms with E-state index in [4.69, 9.17) is 23.2 Å². The first-order chi connectivity index (χ1) is 12.0. The van der Waals surface area contributed by atoms with Crippen LogP contribution in [0.1, 0.15) is 24.4 Å². The van der Waals surface area contributed by atoms with Crippen LogP contribution < -0.4 is 5.32 Å². The Morgan fingerprint density at radius 2 is 2.08 bits per heavy atom. The molecular weight excluding hydrogens is 366 g/mol. The Balaban J connectivity index is 1.71. The largest absolute Gasteiger partial charge is 0.353 e. The van der Waals surface area contributed by atoms with Gasteiger partial charge >= 0.3 is 0 Å². The van der Waals surface area contributed by atoms with Crippen LogP contribution in [0.15, 0.2) is 30.6 Å². The number of amides is 1. The molecule has 1 fully saturated rings. The number of hydrogen-bond acceptors (Lipinski definition) is 3. The van der Waals surface area contributed by atoms with Crippen molar-refractivity contribution in [3.05, 3.63) is 52.0 Å². The van der Waals surface area contributed by atoms with Crippen molar-refractivity contribution in [1.82, 2.24) is 20.0 Å². The number of carbonyl (C=O) groups excluding carboxylic acids is 1. The molecule has 1 aliphatic heterocycles. The van der Waals surface area contributed by atoms with Crippen molar-refractivity contribution in [2.45, 2.75) is 25.4 Å². The first-order valence-electron chi connectivity index (χ1n) is 8.17. The molecule has 1 aliphatic rings. The Kier molecular flexibility index (Phi) is 5.93. The fraction of sp³-hybridized carbons (Fsp3) is 0.412. The molecule has 2 heterocycles. The van der Waals surface area contributed by atoms with Gasteiger partial charge in [-0.3, -0.25) is 14.4 Å². The molecule has 0 saturated carbocycles. The third kappa shape index (κ3) is 4.51. The van der Waals surface area contributed by atoms with Crippen LogP contribution in [0.3, 0.4) is 0 Å². The van der Waals surface area contributed by atoms with Crippen LogP contribution in [0.4, 0.5) is 4.39 Å². The third-order valence-electron chi connectivity index (χ3n) is 4.31. The van der Waals surface area contributed by atoms with Crippen molar-refractivity contribution in [3.8, 4) is 0 Å². The summed E-state index contributed by atoms with van der Waals surface area (Å²) >= 11 is 12.0. The summed E-state index contributed by atoms with van der Waals surface area (Å²) in [6.07, 6.45) is 5.17. The third-order valence-corrected chi connectivity index (χ3v) is 4.84. The van der Waals surface area contributed by atoms with Crippen LogP contribution in [-0.2, 0) is 11.3 Å². The minimum absolute atomic E-state index is 0.0600. The number of rotatable bonds is 6. The van der Waals surface area contributed by atoms with Crippen molar-refractivity contribution in [3.63, 3.8) is 0 Å². The lowest BCUT2D eigenvalue weighted by molar-refractivity contribution is -0.122. The van der Waals surface area contributed by atoms with Crippen molar-refractivity contribution >= 4 is 29.1 Å². The molecule has 1 aromatic carbocycles. The molecule has 3 rings (SSSR count). The fourth-order valence-electron chi connectivity index (χ4n) is 3.13. The highest BCUT2D eigenvalue weighted by atomic mass is 35.5. The molecule has 0 radical (unpaired) electrons. The Hall–Kier alpha value is -1.63. The van der Waals surface area contributed by atoms with E-state index in [-0.39, 0.29) is 30.9 Å². The van der Waals surface area contributed by atoms with Gasteiger partial charge in [-0.1, -0.05) is 29.3 Å². The number of benzene rings is 1. The second kappa shape index (κ2) is 8.17. The predicted octanol–water partition coefficient (Wildman–Crippen LogP) is 3.28. The first-order valence-corrected chi connectivity index (χ1v) is 8.93. The van der Waals surface area contributed by atoms with Crippen molar-refractivity contribution in [2.75, 3.05) is 19.6 Å². The SMILES string of the molecule is O=C(Cn1cc(Cl)cn1)NCC(c1c(F)cccc1Cl)N1CCCC1. The molecule has 1 aromatic heterocycles. The maximum Gasteiger partial charge on any atom is 0.241 e. The van der Waals surface area contributed by atoms with Gasteiger partial charge in [0.25, 0.3) is 0 Å². The zero-order valence-corrected chi connectivity index (χ0v) is 15.1. The molecule has 8 heteroatoms. The number of nitrogens with one attached hydrogen (secondary N) is 1. The highest BCUT2D eigenvalue weighted by molar-refractivity contribution is 6.31. The van der Waals surface area contributed by atoms with E-state index in [2.05, 4.69) is 15.3 Å². The van der Waals surface area contributed by atoms with Gasteiger partial charge < -0.3 is 5.32 Å². The maximum atomic E-state index is 14.4. The van der Waals surface area contributed by atoms with Crippen LogP contribution in [-0.4, -0.2) is 40.2 Å². The van der Waals surface area contributed by atoms with E-state index in [9.17, 15) is 9.18 Å². The zero-order chi connectivity index (χ0) is 17.8. The molecule has 134 valence electrons. The van der Waals surface area contributed by atoms with Crippen LogP contribution in [0, 0.1) is 5.82 Å². The highest BCUT2D eigenvalue weighted by Gasteiger charge is 2.28. The van der Waals surface area contributed by atoms with E-state index >= 15 is 0 Å². The molecule has 0 aliphatic carbocycles. The molecule has 1 saturated heterocycles. The normalized spacial score (nSPS) is 16.1. The van der Waals surface area contributed by atoms with Gasteiger partial charge in [0.05, 0.1) is 17.3 Å². The maximum absolute atomic E-state index is 14.4. The average Bonchev–Trinajstić information content (AvgIpc) is 3.22. The predicted molar refractivity (Wildman–Crippen MR) is 95.2 cm³/mol. The van der Waals surface area contributed by atoms with Gasteiger partial charge in [-0.2, -0.15) is 5.10 Å². The Labute approximate surface area is 155 Å². The van der Waals surface area contributed by atoms with Gasteiger partial charge in [-0.25, -0.2) is 4.39 Å². The number of nitrogens with zero attached hydrogens (tertiary/aromatic N) is 3. The molecule has 2 aromatic rings.